The topological polar surface area (TPSA) is 84.9 Å². The molecule has 0 aliphatic rings. The Balaban J connectivity index is 1.56. The normalized spacial score (nSPS) is 10.3. The van der Waals surface area contributed by atoms with Gasteiger partial charge >= 0.3 is 5.97 Å². The third-order valence-electron chi connectivity index (χ3n) is 4.38. The summed E-state index contributed by atoms with van der Waals surface area (Å²) in [5, 5.41) is 12.5. The van der Waals surface area contributed by atoms with Gasteiger partial charge < -0.3 is 19.9 Å². The van der Waals surface area contributed by atoms with Gasteiger partial charge in [0.05, 0.1) is 12.7 Å². The van der Waals surface area contributed by atoms with Gasteiger partial charge in [0.25, 0.3) is 5.91 Å². The number of aryl methyl sites for hydroxylation is 1. The third kappa shape index (κ3) is 5.13. The van der Waals surface area contributed by atoms with Gasteiger partial charge in [0, 0.05) is 11.3 Å². The summed E-state index contributed by atoms with van der Waals surface area (Å²) in [6.07, 6.45) is 0. The van der Waals surface area contributed by atoms with Crippen LogP contribution in [0.1, 0.15) is 31.8 Å². The average molecular weight is 391 g/mol. The number of carbonyl (C=O) groups excluding carboxylic acids is 2. The van der Waals surface area contributed by atoms with E-state index in [0.29, 0.717) is 22.6 Å². The summed E-state index contributed by atoms with van der Waals surface area (Å²) in [6.45, 7) is 1.81. The van der Waals surface area contributed by atoms with E-state index in [4.69, 9.17) is 9.47 Å². The molecule has 6 heteroatoms. The fraction of sp³-hybridized carbons (Fsp3) is 0.130. The van der Waals surface area contributed by atoms with Gasteiger partial charge in [0.2, 0.25) is 0 Å². The highest BCUT2D eigenvalue weighted by Gasteiger charge is 2.10. The lowest BCUT2D eigenvalue weighted by Gasteiger charge is -2.08. The van der Waals surface area contributed by atoms with Gasteiger partial charge in [0.15, 0.2) is 0 Å². The lowest BCUT2D eigenvalue weighted by Crippen LogP contribution is -2.12. The molecule has 0 atom stereocenters. The number of nitrogens with one attached hydrogen (secondary N) is 1. The monoisotopic (exact) mass is 391 g/mol. The van der Waals surface area contributed by atoms with Crippen molar-refractivity contribution >= 4 is 17.6 Å². The van der Waals surface area contributed by atoms with Crippen molar-refractivity contribution < 1.29 is 24.2 Å². The van der Waals surface area contributed by atoms with Crippen LogP contribution in [0.15, 0.2) is 66.7 Å². The number of anilines is 1. The molecule has 2 N–H and O–H groups in total. The summed E-state index contributed by atoms with van der Waals surface area (Å²) in [5.74, 6) is -0.00936. The van der Waals surface area contributed by atoms with Crippen LogP contribution in [0.2, 0.25) is 0 Å². The van der Waals surface area contributed by atoms with Crippen molar-refractivity contribution in [1.29, 1.82) is 0 Å². The molecule has 3 rings (SSSR count). The van der Waals surface area contributed by atoms with Gasteiger partial charge in [-0.15, -0.1) is 0 Å². The highest BCUT2D eigenvalue weighted by molar-refractivity contribution is 6.04. The minimum Gasteiger partial charge on any atom is -0.508 e. The van der Waals surface area contributed by atoms with Crippen molar-refractivity contribution in [2.24, 2.45) is 0 Å². The maximum absolute atomic E-state index is 12.3. The SMILES string of the molecule is COc1ccc(NC(=O)c2ccc(COC(=O)c3ccc(C)c(O)c3)cc2)cc1. The number of hydrogen-bond acceptors (Lipinski definition) is 5. The molecule has 0 unspecified atom stereocenters. The van der Waals surface area contributed by atoms with E-state index in [1.54, 1.807) is 74.7 Å². The second-order valence-corrected chi connectivity index (χ2v) is 6.46. The molecule has 0 heterocycles. The minimum absolute atomic E-state index is 0.0478. The summed E-state index contributed by atoms with van der Waals surface area (Å²) in [4.78, 5) is 24.4. The number of ether oxygens (including phenoxy) is 2. The largest absolute Gasteiger partial charge is 0.508 e. The Morgan fingerprint density at radius 3 is 2.21 bits per heavy atom. The fourth-order valence-electron chi connectivity index (χ4n) is 2.60. The zero-order valence-electron chi connectivity index (χ0n) is 16.1. The van der Waals surface area contributed by atoms with E-state index in [0.717, 1.165) is 5.56 Å². The molecule has 0 aromatic heterocycles. The zero-order chi connectivity index (χ0) is 20.8. The van der Waals surface area contributed by atoms with Crippen LogP contribution in [0.3, 0.4) is 0 Å². The van der Waals surface area contributed by atoms with E-state index in [9.17, 15) is 14.7 Å². The summed E-state index contributed by atoms with van der Waals surface area (Å²) in [5.41, 5.74) is 2.86. The zero-order valence-corrected chi connectivity index (χ0v) is 16.1. The molecule has 0 saturated carbocycles. The Morgan fingerprint density at radius 2 is 1.59 bits per heavy atom. The fourth-order valence-corrected chi connectivity index (χ4v) is 2.60. The number of amides is 1. The summed E-state index contributed by atoms with van der Waals surface area (Å²) in [7, 11) is 1.58. The molecule has 3 aromatic carbocycles. The van der Waals surface area contributed by atoms with Crippen molar-refractivity contribution in [3.8, 4) is 11.5 Å². The molecule has 0 spiro atoms. The lowest BCUT2D eigenvalue weighted by molar-refractivity contribution is 0.0472. The van der Waals surface area contributed by atoms with Crippen molar-refractivity contribution in [3.05, 3.63) is 89.0 Å². The highest BCUT2D eigenvalue weighted by atomic mass is 16.5. The quantitative estimate of drug-likeness (QED) is 0.612. The van der Waals surface area contributed by atoms with Gasteiger partial charge in [-0.2, -0.15) is 0 Å². The predicted molar refractivity (Wildman–Crippen MR) is 109 cm³/mol. The maximum Gasteiger partial charge on any atom is 0.338 e. The van der Waals surface area contributed by atoms with Crippen LogP contribution in [-0.4, -0.2) is 24.1 Å². The van der Waals surface area contributed by atoms with E-state index < -0.39 is 5.97 Å². The highest BCUT2D eigenvalue weighted by Crippen LogP contribution is 2.19. The molecule has 6 nitrogen and oxygen atoms in total. The van der Waals surface area contributed by atoms with Crippen molar-refractivity contribution in [1.82, 2.24) is 0 Å². The first-order valence-electron chi connectivity index (χ1n) is 8.97. The number of methoxy groups -OCH3 is 1. The molecule has 0 saturated heterocycles. The Bertz CT molecular complexity index is 1010. The number of aromatic hydroxyl groups is 1. The van der Waals surface area contributed by atoms with E-state index in [1.165, 1.54) is 6.07 Å². The van der Waals surface area contributed by atoms with Crippen molar-refractivity contribution in [2.45, 2.75) is 13.5 Å². The van der Waals surface area contributed by atoms with Crippen LogP contribution in [0.4, 0.5) is 5.69 Å². The number of phenols is 1. The van der Waals surface area contributed by atoms with Crippen LogP contribution >= 0.6 is 0 Å². The molecule has 0 aliphatic carbocycles. The molecule has 3 aromatic rings. The molecule has 0 bridgehead atoms. The average Bonchev–Trinajstić information content (AvgIpc) is 2.74. The summed E-state index contributed by atoms with van der Waals surface area (Å²) >= 11 is 0. The molecule has 0 fully saturated rings. The van der Waals surface area contributed by atoms with Gasteiger partial charge in [-0.05, 0) is 66.6 Å². The first-order valence-corrected chi connectivity index (χ1v) is 8.97. The van der Waals surface area contributed by atoms with E-state index >= 15 is 0 Å². The number of benzene rings is 3. The number of phenolic OH excluding ortho intramolecular Hbond substituents is 1. The Labute approximate surface area is 168 Å². The maximum atomic E-state index is 12.3. The van der Waals surface area contributed by atoms with Gasteiger partial charge in [-0.25, -0.2) is 4.79 Å². The van der Waals surface area contributed by atoms with E-state index in [1.807, 2.05) is 0 Å². The molecular formula is C23H21NO5. The van der Waals surface area contributed by atoms with E-state index in [2.05, 4.69) is 5.32 Å². The van der Waals surface area contributed by atoms with Crippen molar-refractivity contribution in [3.63, 3.8) is 0 Å². The number of esters is 1. The number of carbonyl (C=O) groups is 2. The van der Waals surface area contributed by atoms with Crippen LogP contribution in [0, 0.1) is 6.92 Å². The van der Waals surface area contributed by atoms with Crippen LogP contribution < -0.4 is 10.1 Å². The van der Waals surface area contributed by atoms with Gasteiger partial charge in [-0.1, -0.05) is 18.2 Å². The second kappa shape index (κ2) is 8.93. The molecule has 29 heavy (non-hydrogen) atoms. The molecule has 0 radical (unpaired) electrons. The first-order chi connectivity index (χ1) is 14.0. The molecule has 148 valence electrons. The first kappa shape index (κ1) is 19.9. The second-order valence-electron chi connectivity index (χ2n) is 6.46. The van der Waals surface area contributed by atoms with Crippen LogP contribution in [0.25, 0.3) is 0 Å². The third-order valence-corrected chi connectivity index (χ3v) is 4.38. The summed E-state index contributed by atoms with van der Waals surface area (Å²) < 4.78 is 10.4. The minimum atomic E-state index is -0.526. The van der Waals surface area contributed by atoms with Crippen LogP contribution in [0.5, 0.6) is 11.5 Å². The Kier molecular flexibility index (Phi) is 6.14. The predicted octanol–water partition coefficient (Wildman–Crippen LogP) is 4.32. The lowest BCUT2D eigenvalue weighted by atomic mass is 10.1. The molecular weight excluding hydrogens is 370 g/mol. The number of hydrogen-bond donors (Lipinski definition) is 2. The summed E-state index contributed by atoms with van der Waals surface area (Å²) in [6, 6.07) is 18.5. The van der Waals surface area contributed by atoms with Crippen molar-refractivity contribution in [2.75, 3.05) is 12.4 Å². The molecule has 0 aliphatic heterocycles. The standard InChI is InChI=1S/C23H21NO5/c1-15-3-6-18(13-21(15)25)23(27)29-14-16-4-7-17(8-5-16)22(26)24-19-9-11-20(28-2)12-10-19/h3-13,25H,14H2,1-2H3,(H,24,26). The number of rotatable bonds is 6. The van der Waals surface area contributed by atoms with E-state index in [-0.39, 0.29) is 23.8 Å². The molecule has 1 amide bonds. The Morgan fingerprint density at radius 1 is 0.931 bits per heavy atom. The van der Waals surface area contributed by atoms with Gasteiger partial charge in [-0.3, -0.25) is 4.79 Å². The van der Waals surface area contributed by atoms with Gasteiger partial charge in [0.1, 0.15) is 18.1 Å². The Hall–Kier alpha value is -3.80. The smallest absolute Gasteiger partial charge is 0.338 e. The van der Waals surface area contributed by atoms with Crippen LogP contribution in [-0.2, 0) is 11.3 Å².